The van der Waals surface area contributed by atoms with Gasteiger partial charge >= 0.3 is 6.09 Å². The van der Waals surface area contributed by atoms with E-state index in [0.717, 1.165) is 17.6 Å². The number of pyridine rings is 1. The van der Waals surface area contributed by atoms with E-state index in [1.165, 1.54) is 6.39 Å². The van der Waals surface area contributed by atoms with Crippen LogP contribution in [0.3, 0.4) is 0 Å². The summed E-state index contributed by atoms with van der Waals surface area (Å²) in [6.45, 7) is 6.81. The second-order valence-electron chi connectivity index (χ2n) is 7.58. The zero-order valence-electron chi connectivity index (χ0n) is 15.5. The molecule has 0 radical (unpaired) electrons. The lowest BCUT2D eigenvalue weighted by Gasteiger charge is -2.24. The molecule has 3 aromatic rings. The molecule has 4 heterocycles. The summed E-state index contributed by atoms with van der Waals surface area (Å²) in [5.41, 5.74) is 1.10. The number of anilines is 1. The van der Waals surface area contributed by atoms with Crippen LogP contribution < -0.4 is 5.32 Å². The SMILES string of the molecule is CC(C)(C)OC(=O)N1CC[C@@H](Nc2nc3ccc(-c4cnco4)cn3n2)C1. The fraction of sp³-hybridized carbons (Fsp3) is 0.444. The van der Waals surface area contributed by atoms with E-state index in [9.17, 15) is 4.79 Å². The van der Waals surface area contributed by atoms with Crippen molar-refractivity contribution in [2.45, 2.75) is 38.8 Å². The van der Waals surface area contributed by atoms with Crippen molar-refractivity contribution in [3.8, 4) is 11.3 Å². The number of oxazole rings is 1. The third-order valence-corrected chi connectivity index (χ3v) is 4.22. The molecule has 1 atom stereocenters. The summed E-state index contributed by atoms with van der Waals surface area (Å²) in [5.74, 6) is 1.20. The van der Waals surface area contributed by atoms with Gasteiger partial charge in [0.25, 0.3) is 0 Å². The van der Waals surface area contributed by atoms with Gasteiger partial charge in [0, 0.05) is 30.9 Å². The van der Waals surface area contributed by atoms with Crippen LogP contribution in [0.1, 0.15) is 27.2 Å². The predicted octanol–water partition coefficient (Wildman–Crippen LogP) is 2.81. The van der Waals surface area contributed by atoms with Crippen LogP contribution in [0, 0.1) is 0 Å². The van der Waals surface area contributed by atoms with Gasteiger partial charge < -0.3 is 19.4 Å². The van der Waals surface area contributed by atoms with E-state index in [2.05, 4.69) is 20.4 Å². The fourth-order valence-electron chi connectivity index (χ4n) is 3.00. The van der Waals surface area contributed by atoms with Gasteiger partial charge in [-0.3, -0.25) is 0 Å². The summed E-state index contributed by atoms with van der Waals surface area (Å²) in [7, 11) is 0. The molecule has 3 aromatic heterocycles. The largest absolute Gasteiger partial charge is 0.444 e. The zero-order valence-corrected chi connectivity index (χ0v) is 15.5. The van der Waals surface area contributed by atoms with E-state index in [-0.39, 0.29) is 12.1 Å². The van der Waals surface area contributed by atoms with Crippen molar-refractivity contribution in [3.63, 3.8) is 0 Å². The zero-order chi connectivity index (χ0) is 19.0. The number of ether oxygens (including phenoxy) is 1. The average Bonchev–Trinajstić information content (AvgIpc) is 3.33. The number of hydrogen-bond donors (Lipinski definition) is 1. The van der Waals surface area contributed by atoms with Crippen molar-refractivity contribution in [1.82, 2.24) is 24.5 Å². The molecule has 1 fully saturated rings. The lowest BCUT2D eigenvalue weighted by Crippen LogP contribution is -2.36. The molecule has 27 heavy (non-hydrogen) atoms. The number of carbonyl (C=O) groups is 1. The Morgan fingerprint density at radius 3 is 2.96 bits per heavy atom. The van der Waals surface area contributed by atoms with Crippen molar-refractivity contribution < 1.29 is 13.9 Å². The van der Waals surface area contributed by atoms with Crippen LogP contribution in [0.5, 0.6) is 0 Å². The van der Waals surface area contributed by atoms with Gasteiger partial charge in [-0.05, 0) is 39.3 Å². The number of hydrogen-bond acceptors (Lipinski definition) is 7. The second-order valence-corrected chi connectivity index (χ2v) is 7.58. The van der Waals surface area contributed by atoms with Gasteiger partial charge in [-0.1, -0.05) is 0 Å². The lowest BCUT2D eigenvalue weighted by molar-refractivity contribution is 0.0293. The monoisotopic (exact) mass is 370 g/mol. The Labute approximate surface area is 156 Å². The number of nitrogens with one attached hydrogen (secondary N) is 1. The third kappa shape index (κ3) is 3.86. The number of likely N-dealkylation sites (tertiary alicyclic amines) is 1. The smallest absolute Gasteiger partial charge is 0.410 e. The van der Waals surface area contributed by atoms with Gasteiger partial charge in [-0.25, -0.2) is 14.3 Å². The maximum absolute atomic E-state index is 12.2. The first-order chi connectivity index (χ1) is 12.9. The summed E-state index contributed by atoms with van der Waals surface area (Å²) < 4.78 is 12.4. The Morgan fingerprint density at radius 2 is 2.22 bits per heavy atom. The Kier molecular flexibility index (Phi) is 4.21. The van der Waals surface area contributed by atoms with Gasteiger partial charge in [-0.2, -0.15) is 4.98 Å². The predicted molar refractivity (Wildman–Crippen MR) is 98.3 cm³/mol. The second kappa shape index (κ2) is 6.57. The molecule has 1 saturated heterocycles. The molecule has 9 nitrogen and oxygen atoms in total. The molecule has 0 saturated carbocycles. The molecule has 142 valence electrons. The van der Waals surface area contributed by atoms with Gasteiger partial charge in [-0.15, -0.1) is 5.10 Å². The van der Waals surface area contributed by atoms with E-state index in [4.69, 9.17) is 9.15 Å². The Bertz CT molecular complexity index is 944. The van der Waals surface area contributed by atoms with Crippen LogP contribution in [-0.2, 0) is 4.74 Å². The Morgan fingerprint density at radius 1 is 1.37 bits per heavy atom. The van der Waals surface area contributed by atoms with Crippen molar-refractivity contribution in [2.24, 2.45) is 0 Å². The molecule has 1 aliphatic rings. The first-order valence-electron chi connectivity index (χ1n) is 8.87. The van der Waals surface area contributed by atoms with E-state index in [1.54, 1.807) is 15.6 Å². The highest BCUT2D eigenvalue weighted by Gasteiger charge is 2.30. The van der Waals surface area contributed by atoms with Crippen LogP contribution in [0.15, 0.2) is 35.3 Å². The molecule has 1 aliphatic heterocycles. The van der Waals surface area contributed by atoms with E-state index in [1.807, 2.05) is 39.1 Å². The number of aromatic nitrogens is 4. The number of fused-ring (bicyclic) bond motifs is 1. The standard InChI is InChI=1S/C18H22N6O3/c1-18(2,3)27-17(25)23-7-6-13(10-23)20-16-21-15-5-4-12(9-24(15)22-16)14-8-19-11-26-14/h4-5,8-9,11,13H,6-7,10H2,1-3H3,(H,20,22)/t13-/m1/s1. The molecule has 0 unspecified atom stereocenters. The first-order valence-corrected chi connectivity index (χ1v) is 8.87. The molecule has 0 aliphatic carbocycles. The summed E-state index contributed by atoms with van der Waals surface area (Å²) in [5, 5.41) is 7.78. The number of amides is 1. The third-order valence-electron chi connectivity index (χ3n) is 4.22. The molecule has 0 spiro atoms. The summed E-state index contributed by atoms with van der Waals surface area (Å²) in [6, 6.07) is 3.87. The van der Waals surface area contributed by atoms with Gasteiger partial charge in [0.2, 0.25) is 5.95 Å². The van der Waals surface area contributed by atoms with E-state index >= 15 is 0 Å². The number of nitrogens with zero attached hydrogens (tertiary/aromatic N) is 5. The molecule has 1 N–H and O–H groups in total. The highest BCUT2D eigenvalue weighted by Crippen LogP contribution is 2.21. The lowest BCUT2D eigenvalue weighted by atomic mass is 10.2. The van der Waals surface area contributed by atoms with Crippen molar-refractivity contribution in [1.29, 1.82) is 0 Å². The summed E-state index contributed by atoms with van der Waals surface area (Å²) >= 11 is 0. The minimum atomic E-state index is -0.493. The fourth-order valence-corrected chi connectivity index (χ4v) is 3.00. The highest BCUT2D eigenvalue weighted by atomic mass is 16.6. The molecule has 0 aromatic carbocycles. The summed E-state index contributed by atoms with van der Waals surface area (Å²) in [6.07, 6.45) is 5.42. The minimum absolute atomic E-state index is 0.0867. The number of carbonyl (C=O) groups excluding carboxylic acids is 1. The van der Waals surface area contributed by atoms with Gasteiger partial charge in [0.15, 0.2) is 17.8 Å². The van der Waals surface area contributed by atoms with Crippen LogP contribution in [-0.4, -0.2) is 55.3 Å². The normalized spacial score (nSPS) is 17.4. The van der Waals surface area contributed by atoms with Crippen LogP contribution in [0.2, 0.25) is 0 Å². The average molecular weight is 370 g/mol. The van der Waals surface area contributed by atoms with E-state index < -0.39 is 5.60 Å². The summed E-state index contributed by atoms with van der Waals surface area (Å²) in [4.78, 5) is 22.3. The highest BCUT2D eigenvalue weighted by molar-refractivity contribution is 5.68. The van der Waals surface area contributed by atoms with Crippen molar-refractivity contribution in [3.05, 3.63) is 30.9 Å². The quantitative estimate of drug-likeness (QED) is 0.757. The maximum atomic E-state index is 12.2. The van der Waals surface area contributed by atoms with Gasteiger partial charge in [0.1, 0.15) is 5.60 Å². The maximum Gasteiger partial charge on any atom is 0.410 e. The Balaban J connectivity index is 1.43. The van der Waals surface area contributed by atoms with E-state index in [0.29, 0.717) is 24.8 Å². The molecule has 4 rings (SSSR count). The molecular formula is C18H22N6O3. The van der Waals surface area contributed by atoms with Crippen LogP contribution >= 0.6 is 0 Å². The topological polar surface area (TPSA) is 97.8 Å². The van der Waals surface area contributed by atoms with Crippen molar-refractivity contribution >= 4 is 17.7 Å². The minimum Gasteiger partial charge on any atom is -0.444 e. The van der Waals surface area contributed by atoms with Crippen LogP contribution in [0.4, 0.5) is 10.7 Å². The molecule has 0 bridgehead atoms. The van der Waals surface area contributed by atoms with Crippen molar-refractivity contribution in [2.75, 3.05) is 18.4 Å². The Hall–Kier alpha value is -3.10. The first kappa shape index (κ1) is 17.3. The molecule has 9 heteroatoms. The molecule has 1 amide bonds. The molecular weight excluding hydrogens is 348 g/mol. The van der Waals surface area contributed by atoms with Gasteiger partial charge in [0.05, 0.1) is 6.20 Å². The number of rotatable bonds is 3. The van der Waals surface area contributed by atoms with Crippen LogP contribution in [0.25, 0.3) is 17.0 Å².